The molecule has 1 aliphatic carbocycles. The molecular weight excluding hydrogens is 346 g/mol. The number of carbonyl (C=O) groups excluding carboxylic acids is 1. The standard InChI is InChI=1S/C19H25N5OS/c1-13-8-14(2)11-23(10-13)17(25)12-26-19-22-21-18(24(19)16-5-6-16)15-4-3-7-20-9-15/h3-4,7,9,13-14,16H,5-6,8,10-12H2,1-2H3/t13-,14+. The maximum Gasteiger partial charge on any atom is 0.233 e. The van der Waals surface area contributed by atoms with E-state index in [4.69, 9.17) is 0 Å². The molecule has 4 rings (SSSR count). The van der Waals surface area contributed by atoms with Crippen molar-refractivity contribution in [1.82, 2.24) is 24.6 Å². The van der Waals surface area contributed by atoms with E-state index in [0.717, 1.165) is 42.5 Å². The predicted octanol–water partition coefficient (Wildman–Crippen LogP) is 3.27. The van der Waals surface area contributed by atoms with Crippen LogP contribution < -0.4 is 0 Å². The molecule has 7 heteroatoms. The fourth-order valence-corrected chi connectivity index (χ4v) is 4.72. The van der Waals surface area contributed by atoms with Crippen molar-refractivity contribution in [2.75, 3.05) is 18.8 Å². The lowest BCUT2D eigenvalue weighted by Crippen LogP contribution is -2.43. The van der Waals surface area contributed by atoms with Crippen LogP contribution >= 0.6 is 11.8 Å². The van der Waals surface area contributed by atoms with E-state index in [9.17, 15) is 4.79 Å². The van der Waals surface area contributed by atoms with Crippen LogP contribution in [0.1, 0.15) is 39.2 Å². The second-order valence-electron chi connectivity index (χ2n) is 7.68. The van der Waals surface area contributed by atoms with Crippen molar-refractivity contribution in [2.24, 2.45) is 11.8 Å². The number of hydrogen-bond acceptors (Lipinski definition) is 5. The van der Waals surface area contributed by atoms with Gasteiger partial charge in [-0.1, -0.05) is 25.6 Å². The Kier molecular flexibility index (Phi) is 4.98. The zero-order valence-electron chi connectivity index (χ0n) is 15.3. The van der Waals surface area contributed by atoms with Crippen LogP contribution in [0, 0.1) is 11.8 Å². The molecule has 1 aliphatic heterocycles. The summed E-state index contributed by atoms with van der Waals surface area (Å²) >= 11 is 1.51. The average Bonchev–Trinajstić information content (AvgIpc) is 3.38. The number of nitrogens with zero attached hydrogens (tertiary/aromatic N) is 5. The number of amides is 1. The van der Waals surface area contributed by atoms with Crippen LogP contribution in [0.25, 0.3) is 11.4 Å². The lowest BCUT2D eigenvalue weighted by Gasteiger charge is -2.34. The molecule has 2 fully saturated rings. The van der Waals surface area contributed by atoms with E-state index < -0.39 is 0 Å². The van der Waals surface area contributed by atoms with Crippen molar-refractivity contribution in [3.8, 4) is 11.4 Å². The van der Waals surface area contributed by atoms with Gasteiger partial charge in [0.15, 0.2) is 11.0 Å². The SMILES string of the molecule is C[C@@H]1C[C@H](C)CN(C(=O)CSc2nnc(-c3cccnc3)n2C2CC2)C1. The van der Waals surface area contributed by atoms with Gasteiger partial charge < -0.3 is 4.90 Å². The first kappa shape index (κ1) is 17.5. The first-order chi connectivity index (χ1) is 12.6. The van der Waals surface area contributed by atoms with Gasteiger partial charge >= 0.3 is 0 Å². The first-order valence-electron chi connectivity index (χ1n) is 9.37. The van der Waals surface area contributed by atoms with Gasteiger partial charge in [-0.2, -0.15) is 0 Å². The number of hydrogen-bond donors (Lipinski definition) is 0. The maximum atomic E-state index is 12.7. The minimum absolute atomic E-state index is 0.210. The highest BCUT2D eigenvalue weighted by molar-refractivity contribution is 7.99. The number of thioether (sulfide) groups is 1. The number of pyridine rings is 1. The molecule has 2 aromatic heterocycles. The summed E-state index contributed by atoms with van der Waals surface area (Å²) in [4.78, 5) is 18.9. The maximum absolute atomic E-state index is 12.7. The second-order valence-corrected chi connectivity index (χ2v) is 8.62. The molecule has 6 nitrogen and oxygen atoms in total. The molecule has 1 amide bonds. The number of aromatic nitrogens is 4. The van der Waals surface area contributed by atoms with Gasteiger partial charge in [0.25, 0.3) is 0 Å². The van der Waals surface area contributed by atoms with Crippen molar-refractivity contribution in [2.45, 2.75) is 44.3 Å². The summed E-state index contributed by atoms with van der Waals surface area (Å²) in [6.45, 7) is 6.21. The monoisotopic (exact) mass is 371 g/mol. The minimum atomic E-state index is 0.210. The fourth-order valence-electron chi connectivity index (χ4n) is 3.81. The zero-order valence-corrected chi connectivity index (χ0v) is 16.2. The van der Waals surface area contributed by atoms with Crippen LogP contribution in [0.4, 0.5) is 0 Å². The molecule has 0 N–H and O–H groups in total. The quantitative estimate of drug-likeness (QED) is 0.755. The van der Waals surface area contributed by atoms with Crippen molar-refractivity contribution < 1.29 is 4.79 Å². The van der Waals surface area contributed by atoms with E-state index in [1.807, 2.05) is 23.2 Å². The highest BCUT2D eigenvalue weighted by Crippen LogP contribution is 2.41. The summed E-state index contributed by atoms with van der Waals surface area (Å²) in [5, 5.41) is 9.61. The van der Waals surface area contributed by atoms with E-state index in [1.165, 1.54) is 18.2 Å². The molecule has 2 aromatic rings. The fraction of sp³-hybridized carbons (Fsp3) is 0.579. The summed E-state index contributed by atoms with van der Waals surface area (Å²) in [7, 11) is 0. The van der Waals surface area contributed by atoms with Gasteiger partial charge in [-0.05, 0) is 43.2 Å². The van der Waals surface area contributed by atoms with Crippen molar-refractivity contribution >= 4 is 17.7 Å². The molecule has 0 radical (unpaired) electrons. The number of carbonyl (C=O) groups is 1. The highest BCUT2D eigenvalue weighted by Gasteiger charge is 2.31. The average molecular weight is 372 g/mol. The summed E-state index contributed by atoms with van der Waals surface area (Å²) < 4.78 is 2.19. The van der Waals surface area contributed by atoms with Gasteiger partial charge in [0.05, 0.1) is 5.75 Å². The van der Waals surface area contributed by atoms with E-state index in [0.29, 0.717) is 23.6 Å². The Morgan fingerprint density at radius 2 is 2.00 bits per heavy atom. The van der Waals surface area contributed by atoms with Crippen LogP contribution in [0.2, 0.25) is 0 Å². The first-order valence-corrected chi connectivity index (χ1v) is 10.4. The van der Waals surface area contributed by atoms with Crippen LogP contribution in [0.3, 0.4) is 0 Å². The Morgan fingerprint density at radius 1 is 1.23 bits per heavy atom. The lowest BCUT2D eigenvalue weighted by atomic mass is 9.92. The van der Waals surface area contributed by atoms with Gasteiger partial charge in [0.2, 0.25) is 5.91 Å². The normalized spacial score (nSPS) is 23.2. The molecule has 0 aromatic carbocycles. The smallest absolute Gasteiger partial charge is 0.233 e. The Labute approximate surface area is 158 Å². The number of piperidine rings is 1. The second kappa shape index (κ2) is 7.39. The summed E-state index contributed by atoms with van der Waals surface area (Å²) in [6, 6.07) is 4.37. The molecule has 1 saturated heterocycles. The molecule has 1 saturated carbocycles. The molecular formula is C19H25N5OS. The van der Waals surface area contributed by atoms with Crippen LogP contribution in [0.15, 0.2) is 29.7 Å². The van der Waals surface area contributed by atoms with Crippen molar-refractivity contribution in [3.05, 3.63) is 24.5 Å². The Bertz CT molecular complexity index is 763. The number of rotatable bonds is 5. The summed E-state index contributed by atoms with van der Waals surface area (Å²) in [5.41, 5.74) is 0.976. The summed E-state index contributed by atoms with van der Waals surface area (Å²) in [6.07, 6.45) is 7.08. The number of likely N-dealkylation sites (tertiary alicyclic amines) is 1. The topological polar surface area (TPSA) is 63.9 Å². The molecule has 0 bridgehead atoms. The van der Waals surface area contributed by atoms with Gasteiger partial charge in [-0.3, -0.25) is 14.3 Å². The molecule has 26 heavy (non-hydrogen) atoms. The lowest BCUT2D eigenvalue weighted by molar-refractivity contribution is -0.130. The minimum Gasteiger partial charge on any atom is -0.341 e. The molecule has 2 atom stereocenters. The van der Waals surface area contributed by atoms with E-state index in [-0.39, 0.29) is 5.91 Å². The van der Waals surface area contributed by atoms with Crippen molar-refractivity contribution in [3.63, 3.8) is 0 Å². The third-order valence-electron chi connectivity index (χ3n) is 5.04. The van der Waals surface area contributed by atoms with E-state index >= 15 is 0 Å². The molecule has 138 valence electrons. The third-order valence-corrected chi connectivity index (χ3v) is 5.97. The molecule has 0 unspecified atom stereocenters. The highest BCUT2D eigenvalue weighted by atomic mass is 32.2. The van der Waals surface area contributed by atoms with Gasteiger partial charge in [-0.15, -0.1) is 10.2 Å². The van der Waals surface area contributed by atoms with Gasteiger partial charge in [-0.25, -0.2) is 0 Å². The molecule has 2 aliphatic rings. The van der Waals surface area contributed by atoms with Crippen molar-refractivity contribution in [1.29, 1.82) is 0 Å². The largest absolute Gasteiger partial charge is 0.341 e. The van der Waals surface area contributed by atoms with E-state index in [2.05, 4.69) is 33.6 Å². The Hall–Kier alpha value is -1.89. The van der Waals surface area contributed by atoms with Crippen LogP contribution in [-0.4, -0.2) is 49.4 Å². The Balaban J connectivity index is 1.47. The van der Waals surface area contributed by atoms with E-state index in [1.54, 1.807) is 6.20 Å². The van der Waals surface area contributed by atoms with Crippen LogP contribution in [-0.2, 0) is 4.79 Å². The zero-order chi connectivity index (χ0) is 18.1. The van der Waals surface area contributed by atoms with Crippen LogP contribution in [0.5, 0.6) is 0 Å². The molecule has 3 heterocycles. The summed E-state index contributed by atoms with van der Waals surface area (Å²) in [5.74, 6) is 2.66. The van der Waals surface area contributed by atoms with Gasteiger partial charge in [0.1, 0.15) is 0 Å². The van der Waals surface area contributed by atoms with Gasteiger partial charge in [0, 0.05) is 37.1 Å². The molecule has 0 spiro atoms. The Morgan fingerprint density at radius 3 is 2.65 bits per heavy atom. The third kappa shape index (κ3) is 3.77. The predicted molar refractivity (Wildman–Crippen MR) is 102 cm³/mol.